The number of likely N-dealkylation sites (tertiary alicyclic amines) is 3. The third-order valence-electron chi connectivity index (χ3n) is 17.3. The Balaban J connectivity index is 0.000000184. The number of rotatable bonds is 14. The molecule has 1 saturated carbocycles. The van der Waals surface area contributed by atoms with Crippen molar-refractivity contribution in [2.24, 2.45) is 10.8 Å². The largest absolute Gasteiger partial charge is 0.539 e. The van der Waals surface area contributed by atoms with E-state index in [0.29, 0.717) is 76.9 Å². The van der Waals surface area contributed by atoms with Crippen molar-refractivity contribution in [3.05, 3.63) is 107 Å². The number of alkyl halides is 6. The standard InChI is InChI=1S/C32H36F3N5O3.C27H29F3N4O3.C6H10O.C2H2O4/c1-38-13-10-23(11-14-38)37-26-6-3-7-28-25(26)16-24(40(28)19-32(33,34)35)5-4-12-36-27-9-8-22(15-29(27)42-2)30(41)39-17-31(18-39)20-43-21-31;1-33-13-10-19(11-14-33)32-22-6-3-7-24-21(22)16-20(34(24)17-27(28,29)30)5-4-12-31-23-9-8-18(26(35)36)15-25(23)37-2;1-2-6(3-1)4-7-5-6;3-1(4)2(5)6/h3,6-9,15-16,23,36-37H,10-14,17-21H2,1-2H3;3,6-9,15-16,19,31-32H,10-14,17H2,1-2H3,(H,35,36);1-5H2;(H,3,4)(H,5,6)/p-1. The Morgan fingerprint density at radius 3 is 1.38 bits per heavy atom. The molecule has 0 radical (unpaired) electrons. The SMILES string of the molecule is C1CC2(C1)COC2.COc1cc(C(=O)N2CC3(COC3)C2)ccc1NCC#Cc1cc2c(NC3CCN(C)CC3)cccc2n1CC(F)(F)F.COc1cc(C(=O)O)ccc1NCC#Cc1cc2c(NC3CCN(C)CC3)cccc2n1CC(F)(F)F.O=C([O-])C(=O)O. The summed E-state index contributed by atoms with van der Waals surface area (Å²) in [6.45, 7) is 6.85. The first kappa shape index (κ1) is 68.5. The van der Waals surface area contributed by atoms with E-state index < -0.39 is 43.4 Å². The van der Waals surface area contributed by atoms with Gasteiger partial charge in [-0.25, -0.2) is 9.59 Å². The molecule has 1 amide bonds. The number of hydrogen-bond acceptors (Lipinski definition) is 15. The molecule has 6 fully saturated rings. The molecule has 6 aliphatic rings. The van der Waals surface area contributed by atoms with Crippen molar-refractivity contribution in [2.75, 3.05) is 128 Å². The van der Waals surface area contributed by atoms with Crippen LogP contribution < -0.4 is 35.8 Å². The molecule has 5 aliphatic heterocycles. The molecule has 0 bridgehead atoms. The summed E-state index contributed by atoms with van der Waals surface area (Å²) in [6, 6.07) is 24.3. The fraction of sp³-hybridized carbons (Fsp3) is 0.463. The van der Waals surface area contributed by atoms with Crippen molar-refractivity contribution < 1.29 is 79.8 Å². The summed E-state index contributed by atoms with van der Waals surface area (Å²) in [4.78, 5) is 48.4. The van der Waals surface area contributed by atoms with Gasteiger partial charge in [0, 0.05) is 58.3 Å². The zero-order valence-corrected chi connectivity index (χ0v) is 52.2. The molecule has 5 saturated heterocycles. The maximum atomic E-state index is 13.6. The van der Waals surface area contributed by atoms with E-state index >= 15 is 0 Å². The highest BCUT2D eigenvalue weighted by molar-refractivity contribution is 6.26. The van der Waals surface area contributed by atoms with Crippen molar-refractivity contribution in [3.8, 4) is 35.2 Å². The Morgan fingerprint density at radius 1 is 0.613 bits per heavy atom. The molecular formula is C67H76F6N9O11-. The van der Waals surface area contributed by atoms with Crippen LogP contribution in [-0.2, 0) is 32.2 Å². The lowest BCUT2D eigenvalue weighted by Crippen LogP contribution is -2.67. The Labute approximate surface area is 534 Å². The van der Waals surface area contributed by atoms with E-state index in [-0.39, 0.29) is 47.8 Å². The van der Waals surface area contributed by atoms with E-state index in [4.69, 9.17) is 43.9 Å². The minimum absolute atomic E-state index is 0.0515. The van der Waals surface area contributed by atoms with Crippen molar-refractivity contribution in [3.63, 3.8) is 0 Å². The lowest BCUT2D eigenvalue weighted by atomic mass is 9.67. The number of carbonyl (C=O) groups is 4. The van der Waals surface area contributed by atoms with Gasteiger partial charge in [-0.2, -0.15) is 26.3 Å². The minimum atomic E-state index is -4.41. The number of aromatic carboxylic acids is 1. The quantitative estimate of drug-likeness (QED) is 0.0340. The molecule has 7 heterocycles. The summed E-state index contributed by atoms with van der Waals surface area (Å²) in [5.41, 5.74) is 5.79. The normalized spacial score (nSPS) is 17.5. The van der Waals surface area contributed by atoms with Crippen LogP contribution in [0.15, 0.2) is 84.9 Å². The number of methoxy groups -OCH3 is 2. The number of aromatic nitrogens is 2. The van der Waals surface area contributed by atoms with E-state index in [1.54, 1.807) is 60.7 Å². The van der Waals surface area contributed by atoms with Crippen LogP contribution in [-0.4, -0.2) is 189 Å². The lowest BCUT2D eigenvalue weighted by Gasteiger charge is -2.54. The van der Waals surface area contributed by atoms with Crippen molar-refractivity contribution in [1.29, 1.82) is 0 Å². The molecule has 4 aromatic carbocycles. The Hall–Kier alpha value is -8.82. The number of carboxylic acids is 3. The number of nitrogens with one attached hydrogen (secondary N) is 4. The molecule has 0 unspecified atom stereocenters. The summed E-state index contributed by atoms with van der Waals surface area (Å²) in [5, 5.41) is 40.2. The van der Waals surface area contributed by atoms with Gasteiger partial charge in [-0.3, -0.25) is 4.79 Å². The summed E-state index contributed by atoms with van der Waals surface area (Å²) < 4.78 is 105. The second-order valence-electron chi connectivity index (χ2n) is 24.4. The van der Waals surface area contributed by atoms with Gasteiger partial charge in [0.15, 0.2) is 5.97 Å². The fourth-order valence-corrected chi connectivity index (χ4v) is 12.0. The molecule has 2 spiro atoms. The number of nitrogens with zero attached hydrogens (tertiary/aromatic N) is 5. The van der Waals surface area contributed by atoms with E-state index in [2.05, 4.69) is 68.8 Å². The van der Waals surface area contributed by atoms with Crippen molar-refractivity contribution >= 4 is 68.4 Å². The monoisotopic (exact) mass is 1300 g/mol. The van der Waals surface area contributed by atoms with Gasteiger partial charge < -0.3 is 84.2 Å². The van der Waals surface area contributed by atoms with E-state index in [9.17, 15) is 35.9 Å². The fourth-order valence-electron chi connectivity index (χ4n) is 12.0. The van der Waals surface area contributed by atoms with Crippen LogP contribution in [0.2, 0.25) is 0 Å². The number of ether oxygens (including phenoxy) is 4. The number of carbonyl (C=O) groups excluding carboxylic acids is 2. The van der Waals surface area contributed by atoms with E-state index in [1.165, 1.54) is 54.7 Å². The Bertz CT molecular complexity index is 3750. The molecule has 93 heavy (non-hydrogen) atoms. The maximum absolute atomic E-state index is 13.6. The van der Waals surface area contributed by atoms with Crippen molar-refractivity contribution in [2.45, 2.75) is 82.5 Å². The topological polar surface area (TPSA) is 236 Å². The van der Waals surface area contributed by atoms with Crippen LogP contribution in [0, 0.1) is 34.5 Å². The summed E-state index contributed by atoms with van der Waals surface area (Å²) in [5.74, 6) is 7.37. The second kappa shape index (κ2) is 29.9. The molecule has 6 aromatic rings. The van der Waals surface area contributed by atoms with Gasteiger partial charge in [-0.05, 0) is 163 Å². The van der Waals surface area contributed by atoms with Crippen LogP contribution >= 0.6 is 0 Å². The van der Waals surface area contributed by atoms with E-state index in [1.807, 2.05) is 17.0 Å². The average molecular weight is 1300 g/mol. The van der Waals surface area contributed by atoms with Gasteiger partial charge in [0.05, 0.1) is 98.5 Å². The predicted octanol–water partition coefficient (Wildman–Crippen LogP) is 8.54. The molecular weight excluding hydrogens is 1220 g/mol. The highest BCUT2D eigenvalue weighted by atomic mass is 19.4. The Morgan fingerprint density at radius 2 is 1.03 bits per heavy atom. The maximum Gasteiger partial charge on any atom is 0.406 e. The summed E-state index contributed by atoms with van der Waals surface area (Å²) in [7, 11) is 7.12. The first-order chi connectivity index (χ1) is 44.3. The van der Waals surface area contributed by atoms with Gasteiger partial charge >= 0.3 is 24.3 Å². The number of hydrogen-bond donors (Lipinski definition) is 6. The van der Waals surface area contributed by atoms with Crippen molar-refractivity contribution in [1.82, 2.24) is 23.8 Å². The molecule has 2 aromatic heterocycles. The van der Waals surface area contributed by atoms with Gasteiger partial charge in [0.1, 0.15) is 24.6 Å². The predicted molar refractivity (Wildman–Crippen MR) is 337 cm³/mol. The van der Waals surface area contributed by atoms with Crippen LogP contribution in [0.4, 0.5) is 49.1 Å². The molecule has 12 rings (SSSR count). The molecule has 6 N–H and O–H groups in total. The summed E-state index contributed by atoms with van der Waals surface area (Å²) in [6.07, 6.45) is -0.604. The van der Waals surface area contributed by atoms with Gasteiger partial charge in [-0.15, -0.1) is 0 Å². The van der Waals surface area contributed by atoms with Crippen LogP contribution in [0.25, 0.3) is 21.8 Å². The first-order valence-corrected chi connectivity index (χ1v) is 30.6. The zero-order chi connectivity index (χ0) is 66.7. The van der Waals surface area contributed by atoms with Crippen LogP contribution in [0.1, 0.15) is 77.0 Å². The highest BCUT2D eigenvalue weighted by Crippen LogP contribution is 2.46. The third-order valence-corrected chi connectivity index (χ3v) is 17.3. The smallest absolute Gasteiger partial charge is 0.406 e. The number of anilines is 4. The first-order valence-electron chi connectivity index (χ1n) is 30.6. The second-order valence-corrected chi connectivity index (χ2v) is 24.4. The Kier molecular flexibility index (Phi) is 22.0. The molecule has 0 atom stereocenters. The zero-order valence-electron chi connectivity index (χ0n) is 52.2. The number of amides is 1. The number of carboxylic acid groups (broad SMARTS) is 3. The van der Waals surface area contributed by atoms with Crippen LogP contribution in [0.5, 0.6) is 11.5 Å². The van der Waals surface area contributed by atoms with Crippen LogP contribution in [0.3, 0.4) is 0 Å². The third kappa shape index (κ3) is 17.9. The number of fused-ring (bicyclic) bond motifs is 2. The molecule has 1 aliphatic carbocycles. The van der Waals surface area contributed by atoms with Gasteiger partial charge in [0.2, 0.25) is 0 Å². The van der Waals surface area contributed by atoms with Gasteiger partial charge in [-0.1, -0.05) is 30.4 Å². The lowest BCUT2D eigenvalue weighted by molar-refractivity contribution is -0.303. The average Bonchev–Trinajstić information content (AvgIpc) is 1.56. The number of piperidine rings is 2. The number of aliphatic carboxylic acids is 2. The highest BCUT2D eigenvalue weighted by Gasteiger charge is 2.51. The minimum Gasteiger partial charge on any atom is -0.539 e. The molecule has 498 valence electrons. The summed E-state index contributed by atoms with van der Waals surface area (Å²) >= 11 is 0. The van der Waals surface area contributed by atoms with Gasteiger partial charge in [0.25, 0.3) is 5.91 Å². The molecule has 20 nitrogen and oxygen atoms in total. The molecule has 26 heteroatoms. The van der Waals surface area contributed by atoms with E-state index in [0.717, 1.165) is 87.3 Å². The number of benzene rings is 4. The number of halogens is 6.